The van der Waals surface area contributed by atoms with Crippen molar-refractivity contribution in [2.24, 2.45) is 0 Å². The number of thiazole rings is 1. The molecule has 2 aliphatic rings. The summed E-state index contributed by atoms with van der Waals surface area (Å²) < 4.78 is 5.32. The molecule has 1 aromatic heterocycles. The average molecular weight is 324 g/mol. The lowest BCUT2D eigenvalue weighted by Crippen LogP contribution is -2.54. The van der Waals surface area contributed by atoms with Gasteiger partial charge in [0.25, 0.3) is 0 Å². The number of aryl methyl sites for hydroxylation is 1. The third-order valence-electron chi connectivity index (χ3n) is 4.40. The zero-order chi connectivity index (χ0) is 15.5. The number of hydrogen-bond donors (Lipinski definition) is 0. The van der Waals surface area contributed by atoms with Crippen molar-refractivity contribution in [3.05, 3.63) is 11.1 Å². The van der Waals surface area contributed by atoms with Gasteiger partial charge in [0.05, 0.1) is 24.9 Å². The Morgan fingerprint density at radius 3 is 2.86 bits per heavy atom. The monoisotopic (exact) mass is 324 g/mol. The molecule has 0 saturated carbocycles. The van der Waals surface area contributed by atoms with E-state index in [2.05, 4.69) is 15.3 Å². The Morgan fingerprint density at radius 1 is 1.41 bits per heavy atom. The number of ether oxygens (including phenoxy) is 1. The molecule has 0 bridgehead atoms. The Kier molecular flexibility index (Phi) is 4.83. The highest BCUT2D eigenvalue weighted by Crippen LogP contribution is 2.25. The highest BCUT2D eigenvalue weighted by atomic mass is 32.1. The van der Waals surface area contributed by atoms with Crippen LogP contribution in [-0.2, 0) is 4.74 Å². The number of amides is 2. The zero-order valence-electron chi connectivity index (χ0n) is 13.3. The minimum absolute atomic E-state index is 0.130. The third-order valence-corrected chi connectivity index (χ3v) is 5.42. The molecular formula is C15H24N4O2S. The van der Waals surface area contributed by atoms with Crippen LogP contribution in [0, 0.1) is 6.92 Å². The summed E-state index contributed by atoms with van der Waals surface area (Å²) in [6, 6.07) is 0.388. The van der Waals surface area contributed by atoms with Gasteiger partial charge in [0, 0.05) is 38.6 Å². The molecular weight excluding hydrogens is 300 g/mol. The molecule has 7 heteroatoms. The van der Waals surface area contributed by atoms with Crippen molar-refractivity contribution < 1.29 is 9.53 Å². The Morgan fingerprint density at radius 2 is 2.18 bits per heavy atom. The lowest BCUT2D eigenvalue weighted by atomic mass is 10.1. The van der Waals surface area contributed by atoms with Crippen molar-refractivity contribution in [2.75, 3.05) is 51.3 Å². The van der Waals surface area contributed by atoms with Crippen molar-refractivity contribution in [2.45, 2.75) is 25.8 Å². The van der Waals surface area contributed by atoms with Gasteiger partial charge in [0.2, 0.25) is 0 Å². The van der Waals surface area contributed by atoms with E-state index in [0.29, 0.717) is 26.3 Å². The van der Waals surface area contributed by atoms with Crippen LogP contribution in [0.2, 0.25) is 0 Å². The van der Waals surface area contributed by atoms with Gasteiger partial charge in [-0.05, 0) is 19.8 Å². The smallest absolute Gasteiger partial charge is 0.320 e. The Bertz CT molecular complexity index is 515. The molecule has 1 aromatic rings. The quantitative estimate of drug-likeness (QED) is 0.832. The molecule has 3 rings (SSSR count). The van der Waals surface area contributed by atoms with Gasteiger partial charge in [-0.1, -0.05) is 0 Å². The topological polar surface area (TPSA) is 48.9 Å². The van der Waals surface area contributed by atoms with Gasteiger partial charge in [-0.25, -0.2) is 9.78 Å². The van der Waals surface area contributed by atoms with Crippen LogP contribution in [0.4, 0.5) is 9.93 Å². The first-order valence-corrected chi connectivity index (χ1v) is 8.79. The summed E-state index contributed by atoms with van der Waals surface area (Å²) in [6.07, 6.45) is 2.16. The SMILES string of the molecule is Cc1csc(N2CCCC(N(C)C(=O)N3CCOCC3)C2)n1. The molecule has 1 unspecified atom stereocenters. The van der Waals surface area contributed by atoms with E-state index in [1.54, 1.807) is 11.3 Å². The highest BCUT2D eigenvalue weighted by molar-refractivity contribution is 7.13. The fourth-order valence-corrected chi connectivity index (χ4v) is 3.91. The molecule has 0 aromatic carbocycles. The molecule has 0 spiro atoms. The number of piperidine rings is 1. The van der Waals surface area contributed by atoms with Gasteiger partial charge in [-0.3, -0.25) is 0 Å². The molecule has 1 atom stereocenters. The zero-order valence-corrected chi connectivity index (χ0v) is 14.1. The second-order valence-electron chi connectivity index (χ2n) is 6.01. The van der Waals surface area contributed by atoms with Crippen molar-refractivity contribution >= 4 is 22.5 Å². The summed E-state index contributed by atoms with van der Waals surface area (Å²) in [7, 11) is 1.93. The number of carbonyl (C=O) groups is 1. The van der Waals surface area contributed by atoms with Crippen molar-refractivity contribution in [1.82, 2.24) is 14.8 Å². The normalized spacial score (nSPS) is 22.7. The van der Waals surface area contributed by atoms with Crippen LogP contribution in [0.5, 0.6) is 0 Å². The number of morpholine rings is 1. The molecule has 0 aliphatic carbocycles. The largest absolute Gasteiger partial charge is 0.378 e. The lowest BCUT2D eigenvalue weighted by molar-refractivity contribution is 0.0414. The third kappa shape index (κ3) is 3.35. The summed E-state index contributed by atoms with van der Waals surface area (Å²) in [5, 5.41) is 3.16. The number of rotatable bonds is 2. The van der Waals surface area contributed by atoms with Crippen LogP contribution < -0.4 is 4.90 Å². The molecule has 0 N–H and O–H groups in total. The van der Waals surface area contributed by atoms with Gasteiger partial charge < -0.3 is 19.4 Å². The van der Waals surface area contributed by atoms with Crippen molar-refractivity contribution in [3.8, 4) is 0 Å². The standard InChI is InChI=1S/C15H24N4O2S/c1-12-11-22-14(16-12)19-5-3-4-13(10-19)17(2)15(20)18-6-8-21-9-7-18/h11,13H,3-10H2,1-2H3. The van der Waals surface area contributed by atoms with E-state index < -0.39 is 0 Å². The predicted octanol–water partition coefficient (Wildman–Crippen LogP) is 1.80. The van der Waals surface area contributed by atoms with Gasteiger partial charge in [0.15, 0.2) is 5.13 Å². The van der Waals surface area contributed by atoms with Crippen LogP contribution in [-0.4, -0.2) is 73.3 Å². The lowest BCUT2D eigenvalue weighted by Gasteiger charge is -2.40. The molecule has 22 heavy (non-hydrogen) atoms. The van der Waals surface area contributed by atoms with Crippen LogP contribution in [0.25, 0.3) is 0 Å². The minimum atomic E-state index is 0.130. The number of urea groups is 1. The van der Waals surface area contributed by atoms with Crippen LogP contribution in [0.3, 0.4) is 0 Å². The highest BCUT2D eigenvalue weighted by Gasteiger charge is 2.30. The summed E-state index contributed by atoms with van der Waals surface area (Å²) in [4.78, 5) is 23.3. The summed E-state index contributed by atoms with van der Waals surface area (Å²) >= 11 is 1.69. The summed E-state index contributed by atoms with van der Waals surface area (Å²) in [6.45, 7) is 6.62. The van der Waals surface area contributed by atoms with Gasteiger partial charge in [-0.2, -0.15) is 0 Å². The first-order valence-electron chi connectivity index (χ1n) is 7.91. The molecule has 2 amide bonds. The second-order valence-corrected chi connectivity index (χ2v) is 6.84. The number of aromatic nitrogens is 1. The Balaban J connectivity index is 1.62. The fraction of sp³-hybridized carbons (Fsp3) is 0.733. The van der Waals surface area contributed by atoms with Gasteiger partial charge in [-0.15, -0.1) is 11.3 Å². The summed E-state index contributed by atoms with van der Waals surface area (Å²) in [5.74, 6) is 0. The van der Waals surface area contributed by atoms with Crippen molar-refractivity contribution in [3.63, 3.8) is 0 Å². The summed E-state index contributed by atoms with van der Waals surface area (Å²) in [5.41, 5.74) is 1.07. The maximum Gasteiger partial charge on any atom is 0.320 e. The number of anilines is 1. The predicted molar refractivity (Wildman–Crippen MR) is 87.6 cm³/mol. The fourth-order valence-electron chi connectivity index (χ4n) is 3.07. The Hall–Kier alpha value is -1.34. The van der Waals surface area contributed by atoms with E-state index >= 15 is 0 Å². The van der Waals surface area contributed by atoms with Crippen molar-refractivity contribution in [1.29, 1.82) is 0 Å². The maximum absolute atomic E-state index is 12.6. The molecule has 3 heterocycles. The minimum Gasteiger partial charge on any atom is -0.378 e. The number of carbonyl (C=O) groups excluding carboxylic acids is 1. The average Bonchev–Trinajstić information content (AvgIpc) is 3.01. The number of likely N-dealkylation sites (N-methyl/N-ethyl adjacent to an activating group) is 1. The molecule has 2 aliphatic heterocycles. The van der Waals surface area contributed by atoms with Gasteiger partial charge >= 0.3 is 6.03 Å². The maximum atomic E-state index is 12.6. The molecule has 2 fully saturated rings. The second kappa shape index (κ2) is 6.83. The van der Waals surface area contributed by atoms with Crippen LogP contribution >= 0.6 is 11.3 Å². The first kappa shape index (κ1) is 15.6. The first-order chi connectivity index (χ1) is 10.6. The van der Waals surface area contributed by atoms with E-state index in [1.165, 1.54) is 0 Å². The number of nitrogens with zero attached hydrogens (tertiary/aromatic N) is 4. The molecule has 122 valence electrons. The molecule has 0 radical (unpaired) electrons. The molecule has 2 saturated heterocycles. The van der Waals surface area contributed by atoms with Crippen LogP contribution in [0.15, 0.2) is 5.38 Å². The Labute approximate surface area is 135 Å². The molecule has 6 nitrogen and oxygen atoms in total. The van der Waals surface area contributed by atoms with E-state index in [4.69, 9.17) is 4.74 Å². The van der Waals surface area contributed by atoms with Gasteiger partial charge in [0.1, 0.15) is 0 Å². The number of hydrogen-bond acceptors (Lipinski definition) is 5. The van der Waals surface area contributed by atoms with E-state index in [0.717, 1.165) is 36.8 Å². The van der Waals surface area contributed by atoms with Crippen LogP contribution in [0.1, 0.15) is 18.5 Å². The van der Waals surface area contributed by atoms with E-state index in [1.807, 2.05) is 23.8 Å². The van der Waals surface area contributed by atoms with E-state index in [9.17, 15) is 4.79 Å². The van der Waals surface area contributed by atoms with E-state index in [-0.39, 0.29) is 12.1 Å².